The molecule has 0 aromatic heterocycles. The topological polar surface area (TPSA) is 32.3 Å². The lowest BCUT2D eigenvalue weighted by Gasteiger charge is -2.32. The Balaban J connectivity index is 2.13. The molecule has 3 aromatic rings. The van der Waals surface area contributed by atoms with Gasteiger partial charge in [-0.05, 0) is 48.2 Å². The lowest BCUT2D eigenvalue weighted by atomic mass is 10.0. The van der Waals surface area contributed by atoms with E-state index >= 15 is 0 Å². The van der Waals surface area contributed by atoms with Crippen LogP contribution in [0.1, 0.15) is 48.2 Å². The van der Waals surface area contributed by atoms with Gasteiger partial charge in [0.15, 0.2) is 0 Å². The molecule has 3 rings (SSSR count). The number of benzene rings is 3. The average Bonchev–Trinajstić information content (AvgIpc) is 2.74. The summed E-state index contributed by atoms with van der Waals surface area (Å²) in [4.78, 5) is 13.5. The van der Waals surface area contributed by atoms with E-state index in [0.29, 0.717) is 23.7 Å². The van der Waals surface area contributed by atoms with Crippen LogP contribution in [0.2, 0.25) is 0 Å². The van der Waals surface area contributed by atoms with Crippen molar-refractivity contribution in [2.75, 3.05) is 10.2 Å². The number of nitrogens with one attached hydrogen (secondary N) is 1. The average molecular weight is 426 g/mol. The van der Waals surface area contributed by atoms with E-state index in [4.69, 9.17) is 0 Å². The summed E-state index contributed by atoms with van der Waals surface area (Å²) < 4.78 is 41.4. The third-order valence-electron chi connectivity index (χ3n) is 5.25. The number of nitrogens with zero attached hydrogens (tertiary/aromatic N) is 1. The van der Waals surface area contributed by atoms with E-state index in [1.54, 1.807) is 30.3 Å². The van der Waals surface area contributed by atoms with E-state index in [9.17, 15) is 18.0 Å². The van der Waals surface area contributed by atoms with Gasteiger partial charge < -0.3 is 5.32 Å². The summed E-state index contributed by atoms with van der Waals surface area (Å²) in [5.41, 5.74) is 2.27. The van der Waals surface area contributed by atoms with Gasteiger partial charge in [0.2, 0.25) is 6.41 Å². The Labute approximate surface area is 180 Å². The Morgan fingerprint density at radius 3 is 2.10 bits per heavy atom. The van der Waals surface area contributed by atoms with Crippen molar-refractivity contribution >= 4 is 17.8 Å². The molecule has 0 aliphatic carbocycles. The lowest BCUT2D eigenvalue weighted by molar-refractivity contribution is -0.138. The van der Waals surface area contributed by atoms with Gasteiger partial charge in [-0.3, -0.25) is 9.69 Å². The highest BCUT2D eigenvalue weighted by atomic mass is 19.4. The van der Waals surface area contributed by atoms with Crippen LogP contribution in [0.5, 0.6) is 0 Å². The first-order chi connectivity index (χ1) is 14.7. The van der Waals surface area contributed by atoms with Gasteiger partial charge in [-0.1, -0.05) is 62.4 Å². The Bertz CT molecular complexity index is 1030. The molecule has 0 bridgehead atoms. The number of amides is 1. The molecular formula is C25H25F3N2O. The van der Waals surface area contributed by atoms with Gasteiger partial charge in [0.05, 0.1) is 5.56 Å². The van der Waals surface area contributed by atoms with E-state index < -0.39 is 17.9 Å². The fourth-order valence-corrected chi connectivity index (χ4v) is 3.48. The molecule has 162 valence electrons. The van der Waals surface area contributed by atoms with Gasteiger partial charge in [0.1, 0.15) is 6.17 Å². The van der Waals surface area contributed by atoms with Crippen molar-refractivity contribution in [2.24, 2.45) is 0 Å². The summed E-state index contributed by atoms with van der Waals surface area (Å²) in [7, 11) is 0. The molecule has 1 unspecified atom stereocenters. The van der Waals surface area contributed by atoms with Gasteiger partial charge in [0.25, 0.3) is 0 Å². The second kappa shape index (κ2) is 9.25. The van der Waals surface area contributed by atoms with Crippen molar-refractivity contribution < 1.29 is 18.0 Å². The first-order valence-electron chi connectivity index (χ1n) is 10.0. The van der Waals surface area contributed by atoms with Crippen LogP contribution in [0.25, 0.3) is 0 Å². The van der Waals surface area contributed by atoms with Gasteiger partial charge in [0, 0.05) is 16.9 Å². The molecule has 0 heterocycles. The van der Waals surface area contributed by atoms with Gasteiger partial charge >= 0.3 is 6.18 Å². The van der Waals surface area contributed by atoms with Crippen LogP contribution >= 0.6 is 0 Å². The predicted molar refractivity (Wildman–Crippen MR) is 118 cm³/mol. The van der Waals surface area contributed by atoms with E-state index in [-0.39, 0.29) is 5.56 Å². The molecule has 1 amide bonds. The Hall–Kier alpha value is -3.28. The molecular weight excluding hydrogens is 401 g/mol. The summed E-state index contributed by atoms with van der Waals surface area (Å²) in [6, 6.07) is 19.9. The molecule has 1 atom stereocenters. The zero-order valence-electron chi connectivity index (χ0n) is 17.6. The van der Waals surface area contributed by atoms with E-state index in [1.165, 1.54) is 17.0 Å². The number of anilines is 2. The fraction of sp³-hybridized carbons (Fsp3) is 0.240. The highest BCUT2D eigenvalue weighted by Gasteiger charge is 2.36. The molecule has 0 radical (unpaired) electrons. The number of halogens is 3. The minimum Gasteiger partial charge on any atom is -0.361 e. The summed E-state index contributed by atoms with van der Waals surface area (Å²) in [5.74, 6) is 0.297. The van der Waals surface area contributed by atoms with Gasteiger partial charge in [-0.2, -0.15) is 13.2 Å². The van der Waals surface area contributed by atoms with Crippen LogP contribution < -0.4 is 10.2 Å². The quantitative estimate of drug-likeness (QED) is 0.329. The SMILES string of the molecule is Cc1ccccc1NC(c1ccccc1C(F)(F)F)N(C=O)c1ccc(C(C)C)cc1. The maximum atomic E-state index is 13.8. The van der Waals surface area contributed by atoms with E-state index in [0.717, 1.165) is 17.2 Å². The molecule has 3 aromatic carbocycles. The molecule has 0 aliphatic rings. The number of hydrogen-bond acceptors (Lipinski definition) is 2. The van der Waals surface area contributed by atoms with Crippen LogP contribution in [0, 0.1) is 6.92 Å². The van der Waals surface area contributed by atoms with Crippen LogP contribution in [0.15, 0.2) is 72.8 Å². The van der Waals surface area contributed by atoms with Crippen molar-refractivity contribution in [3.05, 3.63) is 95.1 Å². The summed E-state index contributed by atoms with van der Waals surface area (Å²) in [6.07, 6.45) is -5.05. The maximum absolute atomic E-state index is 13.8. The molecule has 31 heavy (non-hydrogen) atoms. The monoisotopic (exact) mass is 426 g/mol. The summed E-state index contributed by atoms with van der Waals surface area (Å²) in [6.45, 7) is 5.96. The number of para-hydroxylation sites is 1. The zero-order chi connectivity index (χ0) is 22.6. The third kappa shape index (κ3) is 5.08. The van der Waals surface area contributed by atoms with Crippen molar-refractivity contribution in [3.63, 3.8) is 0 Å². The van der Waals surface area contributed by atoms with Crippen LogP contribution in [0.4, 0.5) is 24.5 Å². The fourth-order valence-electron chi connectivity index (χ4n) is 3.48. The molecule has 3 nitrogen and oxygen atoms in total. The molecule has 1 N–H and O–H groups in total. The van der Waals surface area contributed by atoms with Gasteiger partial charge in [-0.25, -0.2) is 0 Å². The molecule has 0 saturated carbocycles. The van der Waals surface area contributed by atoms with Crippen molar-refractivity contribution in [1.29, 1.82) is 0 Å². The Morgan fingerprint density at radius 1 is 0.903 bits per heavy atom. The van der Waals surface area contributed by atoms with Crippen LogP contribution in [-0.4, -0.2) is 6.41 Å². The molecule has 0 fully saturated rings. The number of carbonyl (C=O) groups is 1. The van der Waals surface area contributed by atoms with Crippen molar-refractivity contribution in [2.45, 2.75) is 39.0 Å². The second-order valence-corrected chi connectivity index (χ2v) is 7.71. The number of hydrogen-bond donors (Lipinski definition) is 1. The Kier molecular flexibility index (Phi) is 6.68. The molecule has 0 saturated heterocycles. The van der Waals surface area contributed by atoms with E-state index in [1.807, 2.05) is 31.2 Å². The number of alkyl halides is 3. The summed E-state index contributed by atoms with van der Waals surface area (Å²) >= 11 is 0. The first-order valence-corrected chi connectivity index (χ1v) is 10.0. The molecule has 6 heteroatoms. The lowest BCUT2D eigenvalue weighted by Crippen LogP contribution is -2.34. The van der Waals surface area contributed by atoms with Crippen LogP contribution in [-0.2, 0) is 11.0 Å². The molecule has 0 spiro atoms. The third-order valence-corrected chi connectivity index (χ3v) is 5.25. The maximum Gasteiger partial charge on any atom is 0.416 e. The van der Waals surface area contributed by atoms with Crippen molar-refractivity contribution in [3.8, 4) is 0 Å². The first kappa shape index (κ1) is 22.4. The number of rotatable bonds is 7. The van der Waals surface area contributed by atoms with Crippen molar-refractivity contribution in [1.82, 2.24) is 0 Å². The highest BCUT2D eigenvalue weighted by molar-refractivity contribution is 5.78. The predicted octanol–water partition coefficient (Wildman–Crippen LogP) is 6.91. The second-order valence-electron chi connectivity index (χ2n) is 7.71. The highest BCUT2D eigenvalue weighted by Crippen LogP contribution is 2.38. The summed E-state index contributed by atoms with van der Waals surface area (Å²) in [5, 5.41) is 3.16. The minimum atomic E-state index is -4.56. The number of carbonyl (C=O) groups excluding carboxylic acids is 1. The Morgan fingerprint density at radius 2 is 1.52 bits per heavy atom. The smallest absolute Gasteiger partial charge is 0.361 e. The molecule has 0 aliphatic heterocycles. The minimum absolute atomic E-state index is 0.0294. The normalized spacial score (nSPS) is 12.5. The zero-order valence-corrected chi connectivity index (χ0v) is 17.6. The van der Waals surface area contributed by atoms with Crippen LogP contribution in [0.3, 0.4) is 0 Å². The standard InChI is InChI=1S/C25H25F3N2O/c1-17(2)19-12-14-20(15-13-19)30(16-31)24(29-23-11-7-4-8-18(23)3)21-9-5-6-10-22(21)25(26,27)28/h4-17,24,29H,1-3H3. The number of aryl methyl sites for hydroxylation is 1. The van der Waals surface area contributed by atoms with E-state index in [2.05, 4.69) is 19.2 Å². The van der Waals surface area contributed by atoms with Gasteiger partial charge in [-0.15, -0.1) is 0 Å². The largest absolute Gasteiger partial charge is 0.416 e.